The van der Waals surface area contributed by atoms with Crippen molar-refractivity contribution in [2.24, 2.45) is 0 Å². The first-order valence-corrected chi connectivity index (χ1v) is 13.0. The van der Waals surface area contributed by atoms with E-state index in [0.717, 1.165) is 26.7 Å². The molecule has 3 aliphatic heterocycles. The van der Waals surface area contributed by atoms with E-state index in [1.165, 1.54) is 30.3 Å². The summed E-state index contributed by atoms with van der Waals surface area (Å²) >= 11 is 0. The lowest BCUT2D eigenvalue weighted by atomic mass is 9.78. The predicted octanol–water partition coefficient (Wildman–Crippen LogP) is -4.85. The zero-order valence-corrected chi connectivity index (χ0v) is 22.9. The summed E-state index contributed by atoms with van der Waals surface area (Å²) in [6.07, 6.45) is -0.449. The number of hydrogen-bond acceptors (Lipinski definition) is 13. The summed E-state index contributed by atoms with van der Waals surface area (Å²) in [6.45, 7) is -1.26. The van der Waals surface area contributed by atoms with Crippen molar-refractivity contribution in [3.05, 3.63) is 64.5 Å². The Bertz CT molecular complexity index is 1490. The smallest absolute Gasteiger partial charge is 0.315 e. The Morgan fingerprint density at radius 1 is 1.02 bits per heavy atom. The monoisotopic (exact) mass is 603 g/mol. The van der Waals surface area contributed by atoms with Gasteiger partial charge in [-0.3, -0.25) is 29.3 Å². The number of benzene rings is 2. The topological polar surface area (TPSA) is 230 Å². The first-order chi connectivity index (χ1) is 19.8. The van der Waals surface area contributed by atoms with Crippen molar-refractivity contribution in [3.63, 3.8) is 0 Å². The summed E-state index contributed by atoms with van der Waals surface area (Å²) in [6, 6.07) is 8.07. The minimum atomic E-state index is -3.46. The van der Waals surface area contributed by atoms with Gasteiger partial charge in [0.1, 0.15) is 18.2 Å². The minimum absolute atomic E-state index is 0.0156. The Balaban J connectivity index is 1.33. The third-order valence-electron chi connectivity index (χ3n) is 8.01. The van der Waals surface area contributed by atoms with Crippen molar-refractivity contribution < 1.29 is 64.0 Å². The molecule has 3 heterocycles. The number of rotatable bonds is 6. The maximum absolute atomic E-state index is 15.1. The average molecular weight is 603 g/mol. The fraction of sp³-hybridized carbons (Fsp3) is 0.400. The van der Waals surface area contributed by atoms with Gasteiger partial charge in [-0.1, -0.05) is 18.2 Å². The van der Waals surface area contributed by atoms with E-state index in [4.69, 9.17) is 4.74 Å². The van der Waals surface area contributed by atoms with Crippen molar-refractivity contribution >= 4 is 33.4 Å². The molecule has 18 heteroatoms. The number of morpholine rings is 1. The minimum Gasteiger partial charge on any atom is -0.488 e. The maximum Gasteiger partial charge on any atom is 0.315 e. The summed E-state index contributed by atoms with van der Waals surface area (Å²) in [5.41, 5.74) is -7.60. The molecule has 3 aliphatic rings. The number of fused-ring (bicyclic) bond motifs is 1. The van der Waals surface area contributed by atoms with Gasteiger partial charge in [-0.2, -0.15) is 0 Å². The predicted molar refractivity (Wildman–Crippen MR) is 142 cm³/mol. The molecule has 0 aromatic heterocycles. The SMILES string of the molecule is BC1(O)OC(O)(O)C(B)(O)N(Cc2ccc(COc3cccc4c3CN(C3(O)CCC(=O)NC3=O)C4=O)c(F)c2)C1(O)O. The fourth-order valence-corrected chi connectivity index (χ4v) is 5.27. The van der Waals surface area contributed by atoms with E-state index >= 15 is 4.39 Å². The van der Waals surface area contributed by atoms with Gasteiger partial charge in [0.15, 0.2) is 27.0 Å². The lowest BCUT2D eigenvalue weighted by molar-refractivity contribution is -0.560. The van der Waals surface area contributed by atoms with Gasteiger partial charge in [-0.25, -0.2) is 9.29 Å². The molecule has 43 heavy (non-hydrogen) atoms. The van der Waals surface area contributed by atoms with Crippen LogP contribution in [0.15, 0.2) is 36.4 Å². The Kier molecular flexibility index (Phi) is 7.24. The van der Waals surface area contributed by atoms with E-state index in [1.54, 1.807) is 0 Å². The second-order valence-electron chi connectivity index (χ2n) is 11.0. The van der Waals surface area contributed by atoms with Crippen LogP contribution in [0.3, 0.4) is 0 Å². The highest BCUT2D eigenvalue weighted by atomic mass is 19.1. The summed E-state index contributed by atoms with van der Waals surface area (Å²) in [5, 5.41) is 75.1. The number of amides is 3. The number of piperidine rings is 1. The van der Waals surface area contributed by atoms with Crippen molar-refractivity contribution in [1.82, 2.24) is 15.1 Å². The fourth-order valence-electron chi connectivity index (χ4n) is 5.27. The summed E-state index contributed by atoms with van der Waals surface area (Å²) in [4.78, 5) is 38.2. The first kappa shape index (κ1) is 31.0. The molecule has 3 atom stereocenters. The van der Waals surface area contributed by atoms with Crippen molar-refractivity contribution in [2.75, 3.05) is 0 Å². The number of carbonyl (C=O) groups excluding carboxylic acids is 3. The van der Waals surface area contributed by atoms with Gasteiger partial charge in [-0.15, -0.1) is 0 Å². The average Bonchev–Trinajstić information content (AvgIpc) is 3.25. The molecular weight excluding hydrogens is 575 g/mol. The molecule has 5 rings (SSSR count). The van der Waals surface area contributed by atoms with Crippen LogP contribution in [0.5, 0.6) is 5.75 Å². The Morgan fingerprint density at radius 3 is 2.37 bits per heavy atom. The van der Waals surface area contributed by atoms with Gasteiger partial charge < -0.3 is 40.5 Å². The van der Waals surface area contributed by atoms with E-state index in [-0.39, 0.29) is 48.4 Å². The van der Waals surface area contributed by atoms with E-state index < -0.39 is 59.0 Å². The summed E-state index contributed by atoms with van der Waals surface area (Å²) in [5.74, 6) is -9.71. The molecule has 2 aromatic carbocycles. The van der Waals surface area contributed by atoms with Crippen LogP contribution in [0, 0.1) is 5.82 Å². The zero-order chi connectivity index (χ0) is 31.8. The molecule has 15 nitrogen and oxygen atoms in total. The largest absolute Gasteiger partial charge is 0.488 e. The third-order valence-corrected chi connectivity index (χ3v) is 8.01. The number of aliphatic hydroxyl groups is 7. The highest BCUT2D eigenvalue weighted by molar-refractivity contribution is 6.16. The first-order valence-electron chi connectivity index (χ1n) is 13.0. The normalized spacial score (nSPS) is 30.2. The molecule has 0 spiro atoms. The van der Waals surface area contributed by atoms with Crippen molar-refractivity contribution in [2.45, 2.75) is 61.5 Å². The Hall–Kier alpha value is -3.45. The van der Waals surface area contributed by atoms with Crippen LogP contribution in [0.25, 0.3) is 0 Å². The summed E-state index contributed by atoms with van der Waals surface area (Å²) in [7, 11) is 1.50. The molecule has 8 N–H and O–H groups in total. The lowest BCUT2D eigenvalue weighted by Crippen LogP contribution is -2.84. The zero-order valence-electron chi connectivity index (χ0n) is 22.9. The number of nitrogens with one attached hydrogen (secondary N) is 1. The van der Waals surface area contributed by atoms with Gasteiger partial charge in [0.25, 0.3) is 17.7 Å². The van der Waals surface area contributed by atoms with Crippen molar-refractivity contribution in [1.29, 1.82) is 0 Å². The second-order valence-corrected chi connectivity index (χ2v) is 11.0. The van der Waals surface area contributed by atoms with Crippen LogP contribution in [0.4, 0.5) is 4.39 Å². The van der Waals surface area contributed by atoms with Gasteiger partial charge in [0.05, 0.1) is 6.54 Å². The molecule has 0 radical (unpaired) electrons. The Morgan fingerprint density at radius 2 is 1.72 bits per heavy atom. The number of nitrogens with zero attached hydrogens (tertiary/aromatic N) is 2. The molecule has 0 saturated carbocycles. The molecular formula is C25H28B2FN3O12. The van der Waals surface area contributed by atoms with Gasteiger partial charge in [0, 0.05) is 36.1 Å². The van der Waals surface area contributed by atoms with Crippen LogP contribution in [-0.4, -0.2) is 108 Å². The number of ether oxygens (including phenoxy) is 2. The molecule has 2 fully saturated rings. The van der Waals surface area contributed by atoms with Crippen molar-refractivity contribution in [3.8, 4) is 5.75 Å². The molecule has 2 aromatic rings. The lowest BCUT2D eigenvalue weighted by Gasteiger charge is -2.58. The number of hydrogen-bond donors (Lipinski definition) is 8. The number of halogens is 1. The van der Waals surface area contributed by atoms with E-state index in [0.29, 0.717) is 10.5 Å². The number of imide groups is 1. The van der Waals surface area contributed by atoms with E-state index in [2.05, 4.69) is 4.74 Å². The summed E-state index contributed by atoms with van der Waals surface area (Å²) < 4.78 is 25.4. The maximum atomic E-state index is 15.1. The molecule has 0 aliphatic carbocycles. The third kappa shape index (κ3) is 4.90. The quantitative estimate of drug-likeness (QED) is 0.0882. The van der Waals surface area contributed by atoms with Crippen LogP contribution >= 0.6 is 0 Å². The highest BCUT2D eigenvalue weighted by Gasteiger charge is 2.69. The molecule has 0 bridgehead atoms. The standard InChI is InChI=1S/C25H28B2FN3O12/c26-22(36)25(40,41)43-23(27,37)24(38,39)31(22)9-12-4-5-13(16(28)8-12)11-42-17-3-1-2-14-15(17)10-30(19(14)33)21(35)7-6-18(32)29-20(21)34/h1-5,8,35-41H,6-7,9-11,26-27H2,(H,29,32,34). The van der Waals surface area contributed by atoms with Gasteiger partial charge in [-0.05, 0) is 23.8 Å². The van der Waals surface area contributed by atoms with Gasteiger partial charge >= 0.3 is 5.97 Å². The number of carbonyl (C=O) groups is 3. The van der Waals surface area contributed by atoms with Crippen LogP contribution in [0.1, 0.15) is 39.9 Å². The molecule has 3 unspecified atom stereocenters. The highest BCUT2D eigenvalue weighted by Crippen LogP contribution is 2.42. The van der Waals surface area contributed by atoms with Crippen LogP contribution < -0.4 is 10.1 Å². The second kappa shape index (κ2) is 10.0. The molecule has 2 saturated heterocycles. The van der Waals surface area contributed by atoms with Crippen LogP contribution in [0.2, 0.25) is 0 Å². The molecule has 3 amide bonds. The van der Waals surface area contributed by atoms with Gasteiger partial charge in [0.2, 0.25) is 11.6 Å². The van der Waals surface area contributed by atoms with E-state index in [1.807, 2.05) is 5.32 Å². The molecule has 228 valence electrons. The van der Waals surface area contributed by atoms with E-state index in [9.17, 15) is 50.1 Å². The van der Waals surface area contributed by atoms with Crippen LogP contribution in [-0.2, 0) is 34.0 Å². The Labute approximate surface area is 244 Å².